The van der Waals surface area contributed by atoms with E-state index in [-0.39, 0.29) is 6.04 Å². The Morgan fingerprint density at radius 3 is 3.18 bits per heavy atom. The molecule has 0 aliphatic carbocycles. The van der Waals surface area contributed by atoms with E-state index < -0.39 is 0 Å². The number of hydrogen-bond donors (Lipinski definition) is 2. The molecule has 11 heavy (non-hydrogen) atoms. The van der Waals surface area contributed by atoms with E-state index in [1.54, 1.807) is 12.4 Å². The quantitative estimate of drug-likeness (QED) is 0.663. The molecule has 3 N–H and O–H groups in total. The Morgan fingerprint density at radius 1 is 1.82 bits per heavy atom. The van der Waals surface area contributed by atoms with E-state index in [0.29, 0.717) is 13.2 Å². The fraction of sp³-hybridized carbons (Fsp3) is 0.571. The van der Waals surface area contributed by atoms with Crippen LogP contribution in [0.3, 0.4) is 0 Å². The van der Waals surface area contributed by atoms with E-state index in [1.165, 1.54) is 0 Å². The van der Waals surface area contributed by atoms with Gasteiger partial charge in [0.05, 0.1) is 18.8 Å². The van der Waals surface area contributed by atoms with Gasteiger partial charge in [-0.15, -0.1) is 0 Å². The summed E-state index contributed by atoms with van der Waals surface area (Å²) in [4.78, 5) is 0. The Morgan fingerprint density at radius 2 is 2.64 bits per heavy atom. The molecule has 1 aromatic rings. The van der Waals surface area contributed by atoms with E-state index in [1.807, 2.05) is 6.92 Å². The van der Waals surface area contributed by atoms with Crippen molar-refractivity contribution in [2.75, 3.05) is 13.2 Å². The highest BCUT2D eigenvalue weighted by Crippen LogP contribution is 2.06. The predicted molar refractivity (Wildman–Crippen MR) is 42.0 cm³/mol. The molecule has 0 aliphatic heterocycles. The van der Waals surface area contributed by atoms with Gasteiger partial charge in [0.25, 0.3) is 0 Å². The SMILES string of the molecule is CCOCC(N)c1cn[nH]c1. The summed E-state index contributed by atoms with van der Waals surface area (Å²) in [6, 6.07) is -0.0614. The van der Waals surface area contributed by atoms with Gasteiger partial charge in [-0.2, -0.15) is 5.10 Å². The summed E-state index contributed by atoms with van der Waals surface area (Å²) < 4.78 is 5.15. The van der Waals surface area contributed by atoms with Gasteiger partial charge in [0.1, 0.15) is 0 Å². The molecule has 1 aromatic heterocycles. The lowest BCUT2D eigenvalue weighted by molar-refractivity contribution is 0.133. The number of aromatic nitrogens is 2. The lowest BCUT2D eigenvalue weighted by atomic mass is 10.2. The first-order chi connectivity index (χ1) is 5.34. The molecule has 62 valence electrons. The number of hydrogen-bond acceptors (Lipinski definition) is 3. The normalized spacial score (nSPS) is 13.3. The third kappa shape index (κ3) is 2.32. The summed E-state index contributed by atoms with van der Waals surface area (Å²) in [5.41, 5.74) is 6.73. The number of ether oxygens (including phenoxy) is 1. The minimum atomic E-state index is -0.0614. The lowest BCUT2D eigenvalue weighted by Gasteiger charge is -2.07. The Labute approximate surface area is 65.7 Å². The van der Waals surface area contributed by atoms with Gasteiger partial charge in [0, 0.05) is 18.4 Å². The second-order valence-electron chi connectivity index (χ2n) is 2.30. The van der Waals surface area contributed by atoms with Gasteiger partial charge in [0.2, 0.25) is 0 Å². The Balaban J connectivity index is 2.36. The van der Waals surface area contributed by atoms with Gasteiger partial charge >= 0.3 is 0 Å². The zero-order valence-corrected chi connectivity index (χ0v) is 6.58. The van der Waals surface area contributed by atoms with Crippen molar-refractivity contribution in [1.82, 2.24) is 10.2 Å². The largest absolute Gasteiger partial charge is 0.380 e. The smallest absolute Gasteiger partial charge is 0.0660 e. The molecule has 0 saturated carbocycles. The topological polar surface area (TPSA) is 63.9 Å². The second-order valence-corrected chi connectivity index (χ2v) is 2.30. The monoisotopic (exact) mass is 155 g/mol. The molecule has 0 fully saturated rings. The van der Waals surface area contributed by atoms with Crippen LogP contribution in [0.5, 0.6) is 0 Å². The molecule has 1 atom stereocenters. The molecule has 1 rings (SSSR count). The average Bonchev–Trinajstić information content (AvgIpc) is 2.52. The third-order valence-corrected chi connectivity index (χ3v) is 1.45. The Kier molecular flexibility index (Phi) is 3.07. The highest BCUT2D eigenvalue weighted by Gasteiger charge is 2.05. The molecular formula is C7H13N3O. The summed E-state index contributed by atoms with van der Waals surface area (Å²) in [5.74, 6) is 0. The van der Waals surface area contributed by atoms with Crippen LogP contribution in [0.25, 0.3) is 0 Å². The van der Waals surface area contributed by atoms with Crippen LogP contribution in [-0.2, 0) is 4.74 Å². The van der Waals surface area contributed by atoms with E-state index in [4.69, 9.17) is 10.5 Å². The van der Waals surface area contributed by atoms with E-state index in [9.17, 15) is 0 Å². The number of nitrogens with two attached hydrogens (primary N) is 1. The fourth-order valence-electron chi connectivity index (χ4n) is 0.805. The van der Waals surface area contributed by atoms with Crippen molar-refractivity contribution in [2.24, 2.45) is 5.73 Å². The summed E-state index contributed by atoms with van der Waals surface area (Å²) in [5, 5.41) is 6.49. The molecule has 0 radical (unpaired) electrons. The van der Waals surface area contributed by atoms with Gasteiger partial charge in [-0.05, 0) is 6.92 Å². The first-order valence-corrected chi connectivity index (χ1v) is 3.66. The standard InChI is InChI=1S/C7H13N3O/c1-2-11-5-7(8)6-3-9-10-4-6/h3-4,7H,2,5,8H2,1H3,(H,9,10). The summed E-state index contributed by atoms with van der Waals surface area (Å²) in [6.45, 7) is 3.20. The predicted octanol–water partition coefficient (Wildman–Crippen LogP) is 0.446. The number of rotatable bonds is 4. The minimum absolute atomic E-state index is 0.0614. The zero-order chi connectivity index (χ0) is 8.10. The van der Waals surface area contributed by atoms with Gasteiger partial charge in [-0.25, -0.2) is 0 Å². The first kappa shape index (κ1) is 8.23. The number of nitrogens with one attached hydrogen (secondary N) is 1. The molecule has 0 aromatic carbocycles. The summed E-state index contributed by atoms with van der Waals surface area (Å²) in [6.07, 6.45) is 3.49. The number of nitrogens with zero attached hydrogens (tertiary/aromatic N) is 1. The first-order valence-electron chi connectivity index (χ1n) is 3.66. The second kappa shape index (κ2) is 4.10. The Hall–Kier alpha value is -0.870. The minimum Gasteiger partial charge on any atom is -0.380 e. The maximum Gasteiger partial charge on any atom is 0.0660 e. The molecular weight excluding hydrogens is 142 g/mol. The van der Waals surface area contributed by atoms with Crippen LogP contribution in [-0.4, -0.2) is 23.4 Å². The van der Waals surface area contributed by atoms with E-state index in [2.05, 4.69) is 10.2 Å². The molecule has 0 bridgehead atoms. The van der Waals surface area contributed by atoms with Crippen molar-refractivity contribution in [3.8, 4) is 0 Å². The van der Waals surface area contributed by atoms with Crippen molar-refractivity contribution >= 4 is 0 Å². The molecule has 0 aliphatic rings. The maximum absolute atomic E-state index is 5.74. The highest BCUT2D eigenvalue weighted by molar-refractivity contribution is 5.08. The van der Waals surface area contributed by atoms with Crippen molar-refractivity contribution in [3.63, 3.8) is 0 Å². The number of H-pyrrole nitrogens is 1. The number of aromatic amines is 1. The zero-order valence-electron chi connectivity index (χ0n) is 6.58. The summed E-state index contributed by atoms with van der Waals surface area (Å²) in [7, 11) is 0. The van der Waals surface area contributed by atoms with Crippen LogP contribution in [0, 0.1) is 0 Å². The molecule has 1 heterocycles. The molecule has 0 spiro atoms. The molecule has 0 amide bonds. The van der Waals surface area contributed by atoms with Crippen molar-refractivity contribution in [3.05, 3.63) is 18.0 Å². The summed E-state index contributed by atoms with van der Waals surface area (Å²) >= 11 is 0. The molecule has 4 nitrogen and oxygen atoms in total. The van der Waals surface area contributed by atoms with Gasteiger partial charge in [-0.3, -0.25) is 5.10 Å². The maximum atomic E-state index is 5.74. The van der Waals surface area contributed by atoms with Crippen molar-refractivity contribution in [1.29, 1.82) is 0 Å². The fourth-order valence-corrected chi connectivity index (χ4v) is 0.805. The lowest BCUT2D eigenvalue weighted by Crippen LogP contribution is -2.16. The van der Waals surface area contributed by atoms with Gasteiger partial charge in [-0.1, -0.05) is 0 Å². The molecule has 0 saturated heterocycles. The Bertz CT molecular complexity index is 186. The molecule has 1 unspecified atom stereocenters. The average molecular weight is 155 g/mol. The van der Waals surface area contributed by atoms with Crippen molar-refractivity contribution < 1.29 is 4.74 Å². The van der Waals surface area contributed by atoms with Crippen LogP contribution >= 0.6 is 0 Å². The highest BCUT2D eigenvalue weighted by atomic mass is 16.5. The van der Waals surface area contributed by atoms with Gasteiger partial charge < -0.3 is 10.5 Å². The van der Waals surface area contributed by atoms with Crippen LogP contribution in [0.1, 0.15) is 18.5 Å². The van der Waals surface area contributed by atoms with Crippen LogP contribution < -0.4 is 5.73 Å². The van der Waals surface area contributed by atoms with Crippen LogP contribution in [0.4, 0.5) is 0 Å². The molecule has 4 heteroatoms. The van der Waals surface area contributed by atoms with E-state index >= 15 is 0 Å². The van der Waals surface area contributed by atoms with Crippen LogP contribution in [0.15, 0.2) is 12.4 Å². The van der Waals surface area contributed by atoms with Crippen molar-refractivity contribution in [2.45, 2.75) is 13.0 Å². The van der Waals surface area contributed by atoms with E-state index in [0.717, 1.165) is 5.56 Å². The third-order valence-electron chi connectivity index (χ3n) is 1.45. The van der Waals surface area contributed by atoms with Gasteiger partial charge in [0.15, 0.2) is 0 Å². The van der Waals surface area contributed by atoms with Crippen LogP contribution in [0.2, 0.25) is 0 Å².